The molecule has 6 heteroatoms. The molecule has 3 rings (SSSR count). The van der Waals surface area contributed by atoms with E-state index in [0.717, 1.165) is 44.5 Å². The van der Waals surface area contributed by atoms with Crippen LogP contribution in [0.25, 0.3) is 0 Å². The smallest absolute Gasteiger partial charge is 0.194 e. The Labute approximate surface area is 145 Å². The fourth-order valence-electron chi connectivity index (χ4n) is 3.85. The molecular weight excluding hydrogens is 300 g/mol. The van der Waals surface area contributed by atoms with Gasteiger partial charge in [0.1, 0.15) is 5.82 Å². The molecule has 24 heavy (non-hydrogen) atoms. The van der Waals surface area contributed by atoms with Crippen LogP contribution in [0.5, 0.6) is 0 Å². The van der Waals surface area contributed by atoms with Gasteiger partial charge in [0.05, 0.1) is 6.54 Å². The van der Waals surface area contributed by atoms with Crippen molar-refractivity contribution in [1.82, 2.24) is 24.7 Å². The first-order valence-electron chi connectivity index (χ1n) is 9.53. The number of aryl methyl sites for hydroxylation is 1. The van der Waals surface area contributed by atoms with Crippen LogP contribution in [0.4, 0.5) is 0 Å². The molecule has 1 unspecified atom stereocenters. The number of guanidine groups is 1. The average molecular weight is 332 g/mol. The third-order valence-corrected chi connectivity index (χ3v) is 5.23. The van der Waals surface area contributed by atoms with Crippen LogP contribution in [-0.2, 0) is 6.54 Å². The maximum absolute atomic E-state index is 4.86. The molecule has 0 saturated carbocycles. The molecule has 6 nitrogen and oxygen atoms in total. The van der Waals surface area contributed by atoms with Gasteiger partial charge in [0, 0.05) is 44.6 Å². The molecule has 0 amide bonds. The van der Waals surface area contributed by atoms with Gasteiger partial charge in [-0.3, -0.25) is 9.89 Å². The van der Waals surface area contributed by atoms with Crippen LogP contribution in [-0.4, -0.2) is 70.6 Å². The van der Waals surface area contributed by atoms with Crippen LogP contribution in [0.2, 0.25) is 0 Å². The molecule has 1 atom stereocenters. The van der Waals surface area contributed by atoms with Crippen molar-refractivity contribution in [3.05, 3.63) is 18.2 Å². The standard InChI is InChI=1S/C18H32N6/c1-3-19-18(21-9-14-22-13-8-20-16(22)2)24-12-7-17(15-24)23-10-5-4-6-11-23/h8,13,17H,3-7,9-12,14-15H2,1-2H3,(H,19,21). The number of nitrogens with one attached hydrogen (secondary N) is 1. The molecule has 2 fully saturated rings. The number of aromatic nitrogens is 2. The molecule has 2 aliphatic heterocycles. The first-order chi connectivity index (χ1) is 11.8. The highest BCUT2D eigenvalue weighted by Crippen LogP contribution is 2.20. The van der Waals surface area contributed by atoms with Gasteiger partial charge in [-0.05, 0) is 46.2 Å². The Kier molecular flexibility index (Phi) is 6.12. The molecule has 0 radical (unpaired) electrons. The molecule has 0 bridgehead atoms. The van der Waals surface area contributed by atoms with Gasteiger partial charge in [-0.25, -0.2) is 4.98 Å². The van der Waals surface area contributed by atoms with Crippen LogP contribution < -0.4 is 5.32 Å². The van der Waals surface area contributed by atoms with E-state index in [1.54, 1.807) is 0 Å². The van der Waals surface area contributed by atoms with Crippen molar-refractivity contribution < 1.29 is 0 Å². The highest BCUT2D eigenvalue weighted by atomic mass is 15.3. The molecule has 0 aromatic carbocycles. The van der Waals surface area contributed by atoms with E-state index in [0.29, 0.717) is 6.04 Å². The maximum atomic E-state index is 4.86. The predicted molar refractivity (Wildman–Crippen MR) is 98.3 cm³/mol. The van der Waals surface area contributed by atoms with Crippen LogP contribution in [0.1, 0.15) is 38.4 Å². The van der Waals surface area contributed by atoms with Gasteiger partial charge in [-0.15, -0.1) is 0 Å². The van der Waals surface area contributed by atoms with Crippen molar-refractivity contribution in [2.45, 2.75) is 52.1 Å². The van der Waals surface area contributed by atoms with E-state index in [-0.39, 0.29) is 0 Å². The fraction of sp³-hybridized carbons (Fsp3) is 0.778. The van der Waals surface area contributed by atoms with Crippen molar-refractivity contribution in [2.75, 3.05) is 39.3 Å². The number of hydrogen-bond donors (Lipinski definition) is 1. The van der Waals surface area contributed by atoms with Crippen LogP contribution in [0, 0.1) is 6.92 Å². The number of likely N-dealkylation sites (tertiary alicyclic amines) is 2. The van der Waals surface area contributed by atoms with E-state index in [2.05, 4.69) is 31.6 Å². The molecule has 1 aromatic rings. The lowest BCUT2D eigenvalue weighted by Gasteiger charge is -2.32. The minimum atomic E-state index is 0.713. The Morgan fingerprint density at radius 1 is 1.29 bits per heavy atom. The topological polar surface area (TPSA) is 48.7 Å². The van der Waals surface area contributed by atoms with Gasteiger partial charge in [0.25, 0.3) is 0 Å². The molecule has 1 N–H and O–H groups in total. The monoisotopic (exact) mass is 332 g/mol. The van der Waals surface area contributed by atoms with E-state index in [4.69, 9.17) is 4.99 Å². The fourth-order valence-corrected chi connectivity index (χ4v) is 3.85. The number of aliphatic imine (C=N–C) groups is 1. The zero-order valence-electron chi connectivity index (χ0n) is 15.2. The largest absolute Gasteiger partial charge is 0.357 e. The number of rotatable bonds is 5. The summed E-state index contributed by atoms with van der Waals surface area (Å²) in [6, 6.07) is 0.713. The average Bonchev–Trinajstić information content (AvgIpc) is 3.25. The summed E-state index contributed by atoms with van der Waals surface area (Å²) in [6.07, 6.45) is 9.30. The van der Waals surface area contributed by atoms with Gasteiger partial charge in [-0.2, -0.15) is 0 Å². The molecule has 2 aliphatic rings. The van der Waals surface area contributed by atoms with Crippen molar-refractivity contribution in [3.8, 4) is 0 Å². The summed E-state index contributed by atoms with van der Waals surface area (Å²) in [4.78, 5) is 14.3. The summed E-state index contributed by atoms with van der Waals surface area (Å²) in [5.74, 6) is 2.14. The molecule has 3 heterocycles. The Morgan fingerprint density at radius 2 is 2.12 bits per heavy atom. The second-order valence-electron chi connectivity index (χ2n) is 6.89. The second kappa shape index (κ2) is 8.51. The number of piperidine rings is 1. The van der Waals surface area contributed by atoms with Crippen molar-refractivity contribution in [1.29, 1.82) is 0 Å². The molecule has 134 valence electrons. The second-order valence-corrected chi connectivity index (χ2v) is 6.89. The van der Waals surface area contributed by atoms with Crippen LogP contribution in [0.3, 0.4) is 0 Å². The normalized spacial score (nSPS) is 23.0. The summed E-state index contributed by atoms with van der Waals surface area (Å²) >= 11 is 0. The lowest BCUT2D eigenvalue weighted by Crippen LogP contribution is -2.44. The zero-order chi connectivity index (χ0) is 16.8. The minimum Gasteiger partial charge on any atom is -0.357 e. The Morgan fingerprint density at radius 3 is 2.83 bits per heavy atom. The SMILES string of the molecule is CCNC(=NCCn1ccnc1C)N1CCC(N2CCCCC2)C1. The van der Waals surface area contributed by atoms with Gasteiger partial charge in [-0.1, -0.05) is 6.42 Å². The number of nitrogens with zero attached hydrogens (tertiary/aromatic N) is 5. The zero-order valence-corrected chi connectivity index (χ0v) is 15.2. The third-order valence-electron chi connectivity index (χ3n) is 5.23. The predicted octanol–water partition coefficient (Wildman–Crippen LogP) is 1.72. The van der Waals surface area contributed by atoms with Crippen LogP contribution >= 0.6 is 0 Å². The molecular formula is C18H32N6. The Hall–Kier alpha value is -1.56. The highest BCUT2D eigenvalue weighted by Gasteiger charge is 2.29. The van der Waals surface area contributed by atoms with E-state index in [9.17, 15) is 0 Å². The summed E-state index contributed by atoms with van der Waals surface area (Å²) in [6.45, 7) is 11.6. The van der Waals surface area contributed by atoms with Gasteiger partial charge < -0.3 is 14.8 Å². The van der Waals surface area contributed by atoms with Crippen molar-refractivity contribution >= 4 is 5.96 Å². The summed E-state index contributed by atoms with van der Waals surface area (Å²) in [7, 11) is 0. The summed E-state index contributed by atoms with van der Waals surface area (Å²) < 4.78 is 2.16. The van der Waals surface area contributed by atoms with Gasteiger partial charge in [0.15, 0.2) is 5.96 Å². The molecule has 0 aliphatic carbocycles. The molecule has 1 aromatic heterocycles. The maximum Gasteiger partial charge on any atom is 0.194 e. The van der Waals surface area contributed by atoms with Gasteiger partial charge >= 0.3 is 0 Å². The van der Waals surface area contributed by atoms with E-state index >= 15 is 0 Å². The van der Waals surface area contributed by atoms with E-state index in [1.807, 2.05) is 19.3 Å². The molecule has 2 saturated heterocycles. The Bertz CT molecular complexity index is 531. The highest BCUT2D eigenvalue weighted by molar-refractivity contribution is 5.80. The number of imidazole rings is 1. The van der Waals surface area contributed by atoms with Crippen molar-refractivity contribution in [3.63, 3.8) is 0 Å². The summed E-state index contributed by atoms with van der Waals surface area (Å²) in [5.41, 5.74) is 0. The lowest BCUT2D eigenvalue weighted by molar-refractivity contribution is 0.168. The third kappa shape index (κ3) is 4.29. The number of hydrogen-bond acceptors (Lipinski definition) is 3. The first-order valence-corrected chi connectivity index (χ1v) is 9.53. The first kappa shape index (κ1) is 17.3. The lowest BCUT2D eigenvalue weighted by atomic mass is 10.1. The van der Waals surface area contributed by atoms with Crippen LogP contribution in [0.15, 0.2) is 17.4 Å². The Balaban J connectivity index is 1.54. The van der Waals surface area contributed by atoms with Crippen molar-refractivity contribution in [2.24, 2.45) is 4.99 Å². The quantitative estimate of drug-likeness (QED) is 0.659. The van der Waals surface area contributed by atoms with Gasteiger partial charge in [0.2, 0.25) is 0 Å². The van der Waals surface area contributed by atoms with E-state index in [1.165, 1.54) is 38.8 Å². The van der Waals surface area contributed by atoms with E-state index < -0.39 is 0 Å². The minimum absolute atomic E-state index is 0.713. The molecule has 0 spiro atoms. The summed E-state index contributed by atoms with van der Waals surface area (Å²) in [5, 5.41) is 3.48.